The average Bonchev–Trinajstić information content (AvgIpc) is 3.21. The van der Waals surface area contributed by atoms with E-state index >= 15 is 0 Å². The van der Waals surface area contributed by atoms with Crippen molar-refractivity contribution in [3.8, 4) is 0 Å². The van der Waals surface area contributed by atoms with Crippen LogP contribution in [0, 0.1) is 23.2 Å². The fourth-order valence-electron chi connectivity index (χ4n) is 5.85. The van der Waals surface area contributed by atoms with Crippen LogP contribution in [0.2, 0.25) is 0 Å². The van der Waals surface area contributed by atoms with Crippen LogP contribution in [0.15, 0.2) is 0 Å². The minimum atomic E-state index is -1.05. The van der Waals surface area contributed by atoms with Gasteiger partial charge in [-0.15, -0.1) is 0 Å². The Morgan fingerprint density at radius 2 is 1.66 bits per heavy atom. The lowest BCUT2D eigenvalue weighted by molar-refractivity contribution is -0.146. The van der Waals surface area contributed by atoms with Crippen LogP contribution < -0.4 is 5.32 Å². The fourth-order valence-corrected chi connectivity index (χ4v) is 5.85. The van der Waals surface area contributed by atoms with Gasteiger partial charge in [-0.2, -0.15) is 0 Å². The molecule has 0 aromatic heterocycles. The molecule has 1 heterocycles. The number of amides is 2. The quantitative estimate of drug-likeness (QED) is 0.360. The largest absolute Gasteiger partial charge is 0.481 e. The highest BCUT2D eigenvalue weighted by Crippen LogP contribution is 2.33. The summed E-state index contributed by atoms with van der Waals surface area (Å²) in [7, 11) is 5.48. The van der Waals surface area contributed by atoms with Crippen LogP contribution in [-0.2, 0) is 19.2 Å². The van der Waals surface area contributed by atoms with Gasteiger partial charge in [0, 0.05) is 25.6 Å². The molecule has 0 aromatic carbocycles. The van der Waals surface area contributed by atoms with E-state index in [1.54, 1.807) is 19.0 Å². The maximum atomic E-state index is 13.8. The monoisotopic (exact) mass is 538 g/mol. The molecule has 10 heteroatoms. The smallest absolute Gasteiger partial charge is 0.307 e. The van der Waals surface area contributed by atoms with E-state index in [0.29, 0.717) is 6.54 Å². The van der Waals surface area contributed by atoms with Crippen LogP contribution in [0.4, 0.5) is 0 Å². The van der Waals surface area contributed by atoms with Gasteiger partial charge in [0.25, 0.3) is 0 Å². The van der Waals surface area contributed by atoms with Crippen molar-refractivity contribution in [2.75, 3.05) is 40.8 Å². The zero-order valence-electron chi connectivity index (χ0n) is 24.6. The number of aliphatic hydroxyl groups excluding tert-OH is 1. The molecule has 0 aromatic rings. The van der Waals surface area contributed by atoms with Crippen molar-refractivity contribution in [2.45, 2.75) is 91.0 Å². The highest BCUT2D eigenvalue weighted by atomic mass is 16.4. The number of Topliss-reactive ketones (excluding diaryl/α,β-unsaturated/α-hetero) is 1. The molecule has 1 unspecified atom stereocenters. The number of nitrogens with zero attached hydrogens (tertiary/aromatic N) is 3. The number of carbonyl (C=O) groups is 4. The summed E-state index contributed by atoms with van der Waals surface area (Å²) in [6, 6.07) is -1.18. The molecule has 6 atom stereocenters. The lowest BCUT2D eigenvalue weighted by Crippen LogP contribution is -2.60. The van der Waals surface area contributed by atoms with Gasteiger partial charge in [0.15, 0.2) is 5.78 Å². The van der Waals surface area contributed by atoms with Crippen molar-refractivity contribution in [1.29, 1.82) is 0 Å². The number of piperidine rings is 1. The van der Waals surface area contributed by atoms with E-state index < -0.39 is 35.4 Å². The number of aliphatic hydroxyl groups is 1. The minimum absolute atomic E-state index is 0.0415. The minimum Gasteiger partial charge on any atom is -0.481 e. The van der Waals surface area contributed by atoms with Crippen molar-refractivity contribution in [3.05, 3.63) is 0 Å². The Labute approximate surface area is 228 Å². The summed E-state index contributed by atoms with van der Waals surface area (Å²) >= 11 is 0. The van der Waals surface area contributed by atoms with Crippen LogP contribution in [0.5, 0.6) is 0 Å². The zero-order chi connectivity index (χ0) is 28.9. The van der Waals surface area contributed by atoms with Gasteiger partial charge in [0.05, 0.1) is 24.6 Å². The Morgan fingerprint density at radius 1 is 1.05 bits per heavy atom. The Balaban J connectivity index is 2.11. The van der Waals surface area contributed by atoms with E-state index in [-0.39, 0.29) is 55.0 Å². The summed E-state index contributed by atoms with van der Waals surface area (Å²) in [5.41, 5.74) is -0.507. The van der Waals surface area contributed by atoms with Gasteiger partial charge in [-0.3, -0.25) is 29.0 Å². The van der Waals surface area contributed by atoms with E-state index in [9.17, 15) is 29.4 Å². The summed E-state index contributed by atoms with van der Waals surface area (Å²) in [6.45, 7) is 11.2. The predicted molar refractivity (Wildman–Crippen MR) is 145 cm³/mol. The van der Waals surface area contributed by atoms with Gasteiger partial charge in [-0.05, 0) is 57.7 Å². The van der Waals surface area contributed by atoms with E-state index in [1.165, 1.54) is 0 Å². The number of hydrogen-bond acceptors (Lipinski definition) is 7. The number of carboxylic acid groups (broad SMARTS) is 1. The second kappa shape index (κ2) is 13.3. The van der Waals surface area contributed by atoms with Gasteiger partial charge in [0.1, 0.15) is 6.04 Å². The summed E-state index contributed by atoms with van der Waals surface area (Å²) < 4.78 is 0. The molecular weight excluding hydrogens is 488 g/mol. The van der Waals surface area contributed by atoms with Crippen LogP contribution in [-0.4, -0.2) is 113 Å². The van der Waals surface area contributed by atoms with Gasteiger partial charge >= 0.3 is 5.97 Å². The maximum Gasteiger partial charge on any atom is 0.307 e. The first-order valence-corrected chi connectivity index (χ1v) is 13.9. The average molecular weight is 539 g/mol. The van der Waals surface area contributed by atoms with Crippen molar-refractivity contribution in [3.63, 3.8) is 0 Å². The van der Waals surface area contributed by atoms with Crippen LogP contribution >= 0.6 is 0 Å². The van der Waals surface area contributed by atoms with Gasteiger partial charge in [-0.25, -0.2) is 0 Å². The first-order chi connectivity index (χ1) is 17.5. The zero-order valence-corrected chi connectivity index (χ0v) is 24.6. The van der Waals surface area contributed by atoms with Gasteiger partial charge in [0.2, 0.25) is 11.8 Å². The topological polar surface area (TPSA) is 130 Å². The molecule has 1 aliphatic heterocycles. The fraction of sp³-hybridized carbons (Fsp3) is 0.857. The molecule has 2 amide bonds. The SMILES string of the molecule is CC(C)[C@@H](CN(C)CC(=O)C1C[C@H](O)C[C@H]1C(=O)O)N(C)C(=O)[C@@H](NC(=O)[C@H]1CCCCN1C)C(C)(C)C. The first kappa shape index (κ1) is 32.2. The van der Waals surface area contributed by atoms with Crippen molar-refractivity contribution >= 4 is 23.6 Å². The Kier molecular flexibility index (Phi) is 11.3. The molecule has 1 saturated heterocycles. The number of rotatable bonds is 11. The molecule has 2 rings (SSSR count). The van der Waals surface area contributed by atoms with Crippen molar-refractivity contribution < 1.29 is 29.4 Å². The van der Waals surface area contributed by atoms with E-state index in [4.69, 9.17) is 0 Å². The van der Waals surface area contributed by atoms with Gasteiger partial charge in [-0.1, -0.05) is 41.0 Å². The second-order valence-corrected chi connectivity index (χ2v) is 12.9. The number of carboxylic acids is 1. The molecule has 1 saturated carbocycles. The number of likely N-dealkylation sites (tertiary alicyclic amines) is 1. The third-order valence-corrected chi connectivity index (χ3v) is 8.28. The third kappa shape index (κ3) is 8.23. The second-order valence-electron chi connectivity index (χ2n) is 12.9. The molecule has 0 bridgehead atoms. The maximum absolute atomic E-state index is 13.8. The summed E-state index contributed by atoms with van der Waals surface area (Å²) in [5, 5.41) is 22.4. The first-order valence-electron chi connectivity index (χ1n) is 13.9. The van der Waals surface area contributed by atoms with E-state index in [1.807, 2.05) is 51.5 Å². The highest BCUT2D eigenvalue weighted by Gasteiger charge is 2.43. The summed E-state index contributed by atoms with van der Waals surface area (Å²) in [5.74, 6) is -3.05. The molecule has 10 nitrogen and oxygen atoms in total. The molecule has 2 fully saturated rings. The number of nitrogens with one attached hydrogen (secondary N) is 1. The van der Waals surface area contributed by atoms with Crippen LogP contribution in [0.25, 0.3) is 0 Å². The highest BCUT2D eigenvalue weighted by molar-refractivity contribution is 5.90. The van der Waals surface area contributed by atoms with Crippen molar-refractivity contribution in [1.82, 2.24) is 20.0 Å². The van der Waals surface area contributed by atoms with Crippen molar-refractivity contribution in [2.24, 2.45) is 23.2 Å². The molecule has 218 valence electrons. The number of aliphatic carboxylic acids is 1. The van der Waals surface area contributed by atoms with Gasteiger partial charge < -0.3 is 20.4 Å². The lowest BCUT2D eigenvalue weighted by Gasteiger charge is -2.40. The Morgan fingerprint density at radius 3 is 2.18 bits per heavy atom. The molecular formula is C28H50N4O6. The Bertz CT molecular complexity index is 857. The van der Waals surface area contributed by atoms with E-state index in [2.05, 4.69) is 5.32 Å². The number of carbonyl (C=O) groups excluding carboxylic acids is 3. The standard InChI is InChI=1S/C28H50N4O6/c1-17(2)22(15-30(6)16-23(34)19-13-18(33)14-20(19)27(37)38)32(8)26(36)24(28(3,4)5)29-25(35)21-11-9-10-12-31(21)7/h17-22,24,33H,9-16H2,1-8H3,(H,29,35)(H,37,38)/t18-,19?,20+,21+,22+,24+/m0/s1. The third-order valence-electron chi connectivity index (χ3n) is 8.28. The summed E-state index contributed by atoms with van der Waals surface area (Å²) in [6.07, 6.45) is 2.31. The molecule has 3 N–H and O–H groups in total. The van der Waals surface area contributed by atoms with Crippen LogP contribution in [0.1, 0.15) is 66.7 Å². The number of ketones is 1. The molecule has 0 radical (unpaired) electrons. The number of likely N-dealkylation sites (N-methyl/N-ethyl adjacent to an activating group) is 3. The molecule has 2 aliphatic rings. The van der Waals surface area contributed by atoms with E-state index in [0.717, 1.165) is 25.8 Å². The normalized spacial score (nSPS) is 26.3. The summed E-state index contributed by atoms with van der Waals surface area (Å²) in [4.78, 5) is 57.1. The molecule has 0 spiro atoms. The van der Waals surface area contributed by atoms with Crippen LogP contribution in [0.3, 0.4) is 0 Å². The molecule has 1 aliphatic carbocycles. The Hall–Kier alpha value is -2.04. The predicted octanol–water partition coefficient (Wildman–Crippen LogP) is 1.46. The number of hydrogen-bond donors (Lipinski definition) is 3. The molecule has 38 heavy (non-hydrogen) atoms. The lowest BCUT2D eigenvalue weighted by atomic mass is 9.84.